The van der Waals surface area contributed by atoms with Crippen LogP contribution in [-0.4, -0.2) is 40.9 Å². The van der Waals surface area contributed by atoms with Crippen LogP contribution in [-0.2, 0) is 9.53 Å². The second-order valence-electron chi connectivity index (χ2n) is 8.08. The van der Waals surface area contributed by atoms with E-state index in [1.165, 1.54) is 6.07 Å². The topological polar surface area (TPSA) is 131 Å². The number of hydrogen-bond donors (Lipinski definition) is 3. The van der Waals surface area contributed by atoms with Crippen molar-refractivity contribution in [3.63, 3.8) is 0 Å². The maximum Gasteiger partial charge on any atom is 0.414 e. The Hall–Kier alpha value is -4.14. The van der Waals surface area contributed by atoms with Crippen LogP contribution in [0.15, 0.2) is 59.1 Å². The van der Waals surface area contributed by atoms with E-state index in [2.05, 4.69) is 27.9 Å². The largest absolute Gasteiger partial charge is 0.481 e. The number of carboxylic acid groups (broad SMARTS) is 1. The first-order chi connectivity index (χ1) is 16.5. The molecule has 1 aliphatic rings. The molecule has 0 bridgehead atoms. The Balaban J connectivity index is 1.35. The van der Waals surface area contributed by atoms with E-state index in [0.717, 1.165) is 22.3 Å². The fourth-order valence-electron chi connectivity index (χ4n) is 4.22. The van der Waals surface area contributed by atoms with Gasteiger partial charge in [0.15, 0.2) is 5.69 Å². The smallest absolute Gasteiger partial charge is 0.414 e. The van der Waals surface area contributed by atoms with Crippen LogP contribution in [0.25, 0.3) is 11.1 Å². The number of anilines is 1. The zero-order valence-corrected chi connectivity index (χ0v) is 18.6. The fraction of sp³-hybridized carbons (Fsp3) is 0.280. The average Bonchev–Trinajstić information content (AvgIpc) is 3.40. The van der Waals surface area contributed by atoms with Crippen LogP contribution in [0.3, 0.4) is 0 Å². The van der Waals surface area contributed by atoms with Crippen LogP contribution in [0.5, 0.6) is 0 Å². The van der Waals surface area contributed by atoms with E-state index in [1.54, 1.807) is 0 Å². The highest BCUT2D eigenvalue weighted by atomic mass is 16.6. The van der Waals surface area contributed by atoms with Crippen molar-refractivity contribution >= 4 is 23.9 Å². The molecule has 1 aliphatic carbocycles. The predicted octanol–water partition coefficient (Wildman–Crippen LogP) is 4.41. The zero-order chi connectivity index (χ0) is 24.1. The lowest BCUT2D eigenvalue weighted by Gasteiger charge is -2.14. The summed E-state index contributed by atoms with van der Waals surface area (Å²) in [4.78, 5) is 35.7. The molecular formula is C25H25N3O6. The Kier molecular flexibility index (Phi) is 6.91. The van der Waals surface area contributed by atoms with Gasteiger partial charge in [-0.3, -0.25) is 14.9 Å². The van der Waals surface area contributed by atoms with Crippen LogP contribution >= 0.6 is 0 Å². The van der Waals surface area contributed by atoms with Gasteiger partial charge in [0, 0.05) is 18.0 Å². The summed E-state index contributed by atoms with van der Waals surface area (Å²) in [6, 6.07) is 16.8. The number of aliphatic carboxylic acids is 1. The molecule has 0 radical (unpaired) electrons. The predicted molar refractivity (Wildman–Crippen MR) is 124 cm³/mol. The monoisotopic (exact) mass is 463 g/mol. The van der Waals surface area contributed by atoms with Gasteiger partial charge in [-0.2, -0.15) is 0 Å². The fourth-order valence-corrected chi connectivity index (χ4v) is 4.22. The molecule has 3 aromatic rings. The Morgan fingerprint density at radius 2 is 1.74 bits per heavy atom. The van der Waals surface area contributed by atoms with E-state index in [-0.39, 0.29) is 30.5 Å². The van der Waals surface area contributed by atoms with Crippen LogP contribution in [0.2, 0.25) is 0 Å². The number of nitrogens with one attached hydrogen (secondary N) is 2. The van der Waals surface area contributed by atoms with E-state index in [4.69, 9.17) is 14.4 Å². The number of carbonyl (C=O) groups is 3. The molecular weight excluding hydrogens is 438 g/mol. The molecule has 1 atom stereocenters. The first-order valence-electron chi connectivity index (χ1n) is 11.1. The summed E-state index contributed by atoms with van der Waals surface area (Å²) in [5.74, 6) is -1.72. The number of carbonyl (C=O) groups excluding carboxylic acids is 2. The third kappa shape index (κ3) is 5.09. The molecule has 1 heterocycles. The lowest BCUT2D eigenvalue weighted by molar-refractivity contribution is -0.137. The lowest BCUT2D eigenvalue weighted by atomic mass is 9.98. The van der Waals surface area contributed by atoms with E-state index in [0.29, 0.717) is 12.8 Å². The average molecular weight is 463 g/mol. The number of hydrogen-bond acceptors (Lipinski definition) is 6. The van der Waals surface area contributed by atoms with Gasteiger partial charge < -0.3 is 19.7 Å². The highest BCUT2D eigenvalue weighted by Gasteiger charge is 2.29. The molecule has 3 N–H and O–H groups in total. The van der Waals surface area contributed by atoms with Crippen LogP contribution in [0.1, 0.15) is 53.7 Å². The second kappa shape index (κ2) is 10.2. The van der Waals surface area contributed by atoms with Gasteiger partial charge >= 0.3 is 12.1 Å². The van der Waals surface area contributed by atoms with Gasteiger partial charge in [0.2, 0.25) is 5.88 Å². The highest BCUT2D eigenvalue weighted by molar-refractivity contribution is 5.94. The minimum atomic E-state index is -1.00. The Labute approximate surface area is 196 Å². The number of amides is 2. The van der Waals surface area contributed by atoms with E-state index >= 15 is 0 Å². The Bertz CT molecular complexity index is 1160. The van der Waals surface area contributed by atoms with Gasteiger partial charge in [0.05, 0.1) is 6.42 Å². The summed E-state index contributed by atoms with van der Waals surface area (Å²) in [5, 5.41) is 17.7. The molecule has 4 rings (SSSR count). The highest BCUT2D eigenvalue weighted by Crippen LogP contribution is 2.44. The number of aromatic nitrogens is 1. The van der Waals surface area contributed by atoms with Crippen molar-refractivity contribution in [2.75, 3.05) is 11.9 Å². The molecule has 0 spiro atoms. The van der Waals surface area contributed by atoms with Gasteiger partial charge in [0.1, 0.15) is 6.61 Å². The van der Waals surface area contributed by atoms with Crippen LogP contribution in [0.4, 0.5) is 10.7 Å². The van der Waals surface area contributed by atoms with Gasteiger partial charge in [-0.05, 0) is 28.7 Å². The molecule has 34 heavy (non-hydrogen) atoms. The summed E-state index contributed by atoms with van der Waals surface area (Å²) < 4.78 is 10.5. The molecule has 0 fully saturated rings. The van der Waals surface area contributed by atoms with Crippen molar-refractivity contribution in [1.82, 2.24) is 10.5 Å². The SMILES string of the molecule is CCC[C@H](CC(=O)O)NC(=O)c1cc(NC(=O)OCC2c3ccccc3-c3ccccc32)on1. The molecule has 2 aromatic carbocycles. The zero-order valence-electron chi connectivity index (χ0n) is 18.6. The number of fused-ring (bicyclic) bond motifs is 3. The lowest BCUT2D eigenvalue weighted by Crippen LogP contribution is -2.36. The molecule has 0 unspecified atom stereocenters. The third-order valence-corrected chi connectivity index (χ3v) is 5.71. The van der Waals surface area contributed by atoms with Crippen molar-refractivity contribution in [2.45, 2.75) is 38.1 Å². The maximum absolute atomic E-state index is 12.4. The number of carboxylic acids is 1. The first-order valence-corrected chi connectivity index (χ1v) is 11.1. The van der Waals surface area contributed by atoms with Crippen molar-refractivity contribution in [3.05, 3.63) is 71.4 Å². The molecule has 9 nitrogen and oxygen atoms in total. The Morgan fingerprint density at radius 3 is 2.35 bits per heavy atom. The summed E-state index contributed by atoms with van der Waals surface area (Å²) in [5.41, 5.74) is 4.38. The summed E-state index contributed by atoms with van der Waals surface area (Å²) in [7, 11) is 0. The van der Waals surface area contributed by atoms with Gasteiger partial charge in [-0.1, -0.05) is 67.0 Å². The molecule has 1 aromatic heterocycles. The molecule has 176 valence electrons. The maximum atomic E-state index is 12.4. The van der Waals surface area contributed by atoms with E-state index in [1.807, 2.05) is 43.3 Å². The van der Waals surface area contributed by atoms with E-state index in [9.17, 15) is 14.4 Å². The van der Waals surface area contributed by atoms with Crippen LogP contribution in [0, 0.1) is 0 Å². The van der Waals surface area contributed by atoms with E-state index < -0.39 is 24.0 Å². The normalized spacial score (nSPS) is 13.0. The van der Waals surface area contributed by atoms with Crippen molar-refractivity contribution in [2.24, 2.45) is 0 Å². The second-order valence-corrected chi connectivity index (χ2v) is 8.08. The number of nitrogens with zero attached hydrogens (tertiary/aromatic N) is 1. The summed E-state index contributed by atoms with van der Waals surface area (Å²) >= 11 is 0. The van der Waals surface area contributed by atoms with Crippen molar-refractivity contribution in [3.8, 4) is 11.1 Å². The molecule has 0 saturated carbocycles. The standard InChI is InChI=1S/C25H25N3O6/c1-2-7-15(12-23(29)30)26-24(31)21-13-22(34-28-21)27-25(32)33-14-20-18-10-5-3-8-16(18)17-9-4-6-11-19(17)20/h3-6,8-11,13,15,20H,2,7,12,14H2,1H3,(H,26,31)(H,27,32)(H,29,30)/t15-/m1/s1. The van der Waals surface area contributed by atoms with Crippen molar-refractivity contribution in [1.29, 1.82) is 0 Å². The van der Waals surface area contributed by atoms with Crippen LogP contribution < -0.4 is 10.6 Å². The number of ether oxygens (including phenoxy) is 1. The summed E-state index contributed by atoms with van der Waals surface area (Å²) in [6.07, 6.45) is 0.300. The van der Waals surface area contributed by atoms with Gasteiger partial charge in [-0.15, -0.1) is 0 Å². The van der Waals surface area contributed by atoms with Gasteiger partial charge in [0.25, 0.3) is 5.91 Å². The van der Waals surface area contributed by atoms with Crippen molar-refractivity contribution < 1.29 is 28.8 Å². The minimum Gasteiger partial charge on any atom is -0.481 e. The Morgan fingerprint density at radius 1 is 1.09 bits per heavy atom. The van der Waals surface area contributed by atoms with Gasteiger partial charge in [-0.25, -0.2) is 4.79 Å². The molecule has 0 saturated heterocycles. The number of benzene rings is 2. The first kappa shape index (κ1) is 23.0. The number of rotatable bonds is 9. The molecule has 0 aliphatic heterocycles. The third-order valence-electron chi connectivity index (χ3n) is 5.71. The minimum absolute atomic E-state index is 0.0485. The molecule has 9 heteroatoms. The quantitative estimate of drug-likeness (QED) is 0.428. The summed E-state index contributed by atoms with van der Waals surface area (Å²) in [6.45, 7) is 2.03. The molecule has 2 amide bonds.